The molecule has 152 valence electrons. The van der Waals surface area contributed by atoms with Gasteiger partial charge in [0, 0.05) is 24.7 Å². The Morgan fingerprint density at radius 3 is 2.63 bits per heavy atom. The molecule has 0 saturated heterocycles. The van der Waals surface area contributed by atoms with Gasteiger partial charge in [0.05, 0.1) is 12.8 Å². The van der Waals surface area contributed by atoms with E-state index in [0.717, 1.165) is 28.2 Å². The fraction of sp³-hybridized carbons (Fsp3) is 0.208. The topological polar surface area (TPSA) is 72.8 Å². The highest BCUT2D eigenvalue weighted by Gasteiger charge is 2.36. The van der Waals surface area contributed by atoms with E-state index in [1.807, 2.05) is 67.6 Å². The molecule has 30 heavy (non-hydrogen) atoms. The van der Waals surface area contributed by atoms with Gasteiger partial charge in [-0.25, -0.2) is 0 Å². The lowest BCUT2D eigenvalue weighted by atomic mass is 9.89. The SMILES string of the molecule is COc1ccc(CNC(=O)c2cc(C3=NOC(C)(c4ccccc4)C3)ccn2)cc1. The van der Waals surface area contributed by atoms with E-state index in [9.17, 15) is 4.79 Å². The van der Waals surface area contributed by atoms with Crippen molar-refractivity contribution >= 4 is 11.6 Å². The Hall–Kier alpha value is -3.67. The van der Waals surface area contributed by atoms with Crippen molar-refractivity contribution in [3.63, 3.8) is 0 Å². The molecule has 0 spiro atoms. The lowest BCUT2D eigenvalue weighted by molar-refractivity contribution is -0.00738. The van der Waals surface area contributed by atoms with Crippen molar-refractivity contribution in [3.05, 3.63) is 95.3 Å². The van der Waals surface area contributed by atoms with E-state index in [2.05, 4.69) is 15.5 Å². The predicted molar refractivity (Wildman–Crippen MR) is 114 cm³/mol. The summed E-state index contributed by atoms with van der Waals surface area (Å²) in [6, 6.07) is 21.2. The van der Waals surface area contributed by atoms with Crippen LogP contribution < -0.4 is 10.1 Å². The maximum atomic E-state index is 12.6. The molecule has 0 radical (unpaired) electrons. The molecular formula is C24H23N3O3. The van der Waals surface area contributed by atoms with Crippen LogP contribution in [0.25, 0.3) is 0 Å². The molecule has 1 N–H and O–H groups in total. The normalized spacial score (nSPS) is 17.7. The maximum Gasteiger partial charge on any atom is 0.270 e. The first-order chi connectivity index (χ1) is 14.6. The second kappa shape index (κ2) is 8.37. The fourth-order valence-electron chi connectivity index (χ4n) is 3.39. The van der Waals surface area contributed by atoms with Crippen molar-refractivity contribution in [2.45, 2.75) is 25.5 Å². The zero-order chi connectivity index (χ0) is 21.0. The van der Waals surface area contributed by atoms with Crippen LogP contribution in [-0.2, 0) is 17.0 Å². The number of oxime groups is 1. The number of rotatable bonds is 6. The van der Waals surface area contributed by atoms with Crippen LogP contribution in [-0.4, -0.2) is 23.7 Å². The molecule has 2 aromatic carbocycles. The molecule has 6 heteroatoms. The van der Waals surface area contributed by atoms with Crippen LogP contribution in [0.5, 0.6) is 5.75 Å². The summed E-state index contributed by atoms with van der Waals surface area (Å²) in [6.07, 6.45) is 2.24. The first-order valence-electron chi connectivity index (χ1n) is 9.75. The number of hydrogen-bond donors (Lipinski definition) is 1. The van der Waals surface area contributed by atoms with Gasteiger partial charge in [0.15, 0.2) is 5.60 Å². The molecule has 3 aromatic rings. The monoisotopic (exact) mass is 401 g/mol. The van der Waals surface area contributed by atoms with E-state index < -0.39 is 5.60 Å². The van der Waals surface area contributed by atoms with Crippen molar-refractivity contribution in [1.82, 2.24) is 10.3 Å². The van der Waals surface area contributed by atoms with Crippen LogP contribution in [0.1, 0.15) is 40.5 Å². The van der Waals surface area contributed by atoms with Crippen LogP contribution >= 0.6 is 0 Å². The van der Waals surface area contributed by atoms with E-state index in [4.69, 9.17) is 9.57 Å². The number of pyridine rings is 1. The largest absolute Gasteiger partial charge is 0.497 e. The zero-order valence-electron chi connectivity index (χ0n) is 17.0. The Kier molecular flexibility index (Phi) is 5.48. The fourth-order valence-corrected chi connectivity index (χ4v) is 3.39. The number of hydrogen-bond acceptors (Lipinski definition) is 5. The van der Waals surface area contributed by atoms with Crippen LogP contribution in [0.4, 0.5) is 0 Å². The Labute approximate surface area is 175 Å². The molecular weight excluding hydrogens is 378 g/mol. The summed E-state index contributed by atoms with van der Waals surface area (Å²) in [5.41, 5.74) is 3.50. The van der Waals surface area contributed by atoms with Gasteiger partial charge in [0.25, 0.3) is 5.91 Å². The van der Waals surface area contributed by atoms with Gasteiger partial charge in [-0.15, -0.1) is 0 Å². The number of carbonyl (C=O) groups is 1. The lowest BCUT2D eigenvalue weighted by Crippen LogP contribution is -2.24. The minimum Gasteiger partial charge on any atom is -0.497 e. The van der Waals surface area contributed by atoms with Gasteiger partial charge in [0.1, 0.15) is 11.4 Å². The summed E-state index contributed by atoms with van der Waals surface area (Å²) in [4.78, 5) is 22.6. The van der Waals surface area contributed by atoms with Crippen molar-refractivity contribution in [1.29, 1.82) is 0 Å². The molecule has 2 heterocycles. The summed E-state index contributed by atoms with van der Waals surface area (Å²) in [5.74, 6) is 0.541. The maximum absolute atomic E-state index is 12.6. The van der Waals surface area contributed by atoms with Crippen LogP contribution in [0.3, 0.4) is 0 Å². The Morgan fingerprint density at radius 1 is 1.13 bits per heavy atom. The minimum atomic E-state index is -0.517. The molecule has 1 aromatic heterocycles. The van der Waals surface area contributed by atoms with Gasteiger partial charge in [-0.3, -0.25) is 9.78 Å². The van der Waals surface area contributed by atoms with Gasteiger partial charge in [-0.2, -0.15) is 0 Å². The molecule has 6 nitrogen and oxygen atoms in total. The Morgan fingerprint density at radius 2 is 1.90 bits per heavy atom. The second-order valence-electron chi connectivity index (χ2n) is 7.36. The first-order valence-corrected chi connectivity index (χ1v) is 9.75. The van der Waals surface area contributed by atoms with Crippen molar-refractivity contribution in [2.75, 3.05) is 7.11 Å². The molecule has 0 bridgehead atoms. The number of methoxy groups -OCH3 is 1. The molecule has 0 aliphatic carbocycles. The first kappa shape index (κ1) is 19.6. The standard InChI is InChI=1S/C24H23N3O3/c1-24(19-6-4-3-5-7-19)15-22(27-30-24)18-12-13-25-21(14-18)23(28)26-16-17-8-10-20(29-2)11-9-17/h3-14H,15-16H2,1-2H3,(H,26,28). The lowest BCUT2D eigenvalue weighted by Gasteiger charge is -2.21. The van der Waals surface area contributed by atoms with Crippen molar-refractivity contribution in [2.24, 2.45) is 5.16 Å². The van der Waals surface area contributed by atoms with Crippen LogP contribution in [0.2, 0.25) is 0 Å². The van der Waals surface area contributed by atoms with E-state index >= 15 is 0 Å². The van der Waals surface area contributed by atoms with E-state index in [0.29, 0.717) is 18.7 Å². The Balaban J connectivity index is 1.43. The van der Waals surface area contributed by atoms with Gasteiger partial charge < -0.3 is 14.9 Å². The summed E-state index contributed by atoms with van der Waals surface area (Å²) < 4.78 is 5.15. The third-order valence-electron chi connectivity index (χ3n) is 5.18. The van der Waals surface area contributed by atoms with E-state index in [1.54, 1.807) is 19.4 Å². The highest BCUT2D eigenvalue weighted by atomic mass is 16.7. The second-order valence-corrected chi connectivity index (χ2v) is 7.36. The smallest absolute Gasteiger partial charge is 0.270 e. The number of nitrogens with one attached hydrogen (secondary N) is 1. The number of ether oxygens (including phenoxy) is 1. The Bertz CT molecular complexity index is 1060. The molecule has 0 saturated carbocycles. The quantitative estimate of drug-likeness (QED) is 0.676. The van der Waals surface area contributed by atoms with Crippen molar-refractivity contribution in [3.8, 4) is 5.75 Å². The third-order valence-corrected chi connectivity index (χ3v) is 5.18. The molecule has 1 unspecified atom stereocenters. The number of nitrogens with zero attached hydrogens (tertiary/aromatic N) is 2. The number of amides is 1. The molecule has 1 aliphatic heterocycles. The molecule has 0 fully saturated rings. The van der Waals surface area contributed by atoms with Crippen LogP contribution in [0, 0.1) is 0 Å². The summed E-state index contributed by atoms with van der Waals surface area (Å²) in [7, 11) is 1.62. The zero-order valence-corrected chi connectivity index (χ0v) is 17.0. The summed E-state index contributed by atoms with van der Waals surface area (Å²) >= 11 is 0. The van der Waals surface area contributed by atoms with E-state index in [-0.39, 0.29) is 5.91 Å². The van der Waals surface area contributed by atoms with Gasteiger partial charge in [0.2, 0.25) is 0 Å². The van der Waals surface area contributed by atoms with Gasteiger partial charge >= 0.3 is 0 Å². The van der Waals surface area contributed by atoms with Gasteiger partial charge in [-0.1, -0.05) is 47.6 Å². The van der Waals surface area contributed by atoms with Crippen molar-refractivity contribution < 1.29 is 14.4 Å². The average molecular weight is 401 g/mol. The summed E-state index contributed by atoms with van der Waals surface area (Å²) in [6.45, 7) is 2.42. The number of aromatic nitrogens is 1. The number of benzene rings is 2. The molecule has 1 amide bonds. The highest BCUT2D eigenvalue weighted by molar-refractivity contribution is 6.03. The predicted octanol–water partition coefficient (Wildman–Crippen LogP) is 4.06. The average Bonchev–Trinajstić information content (AvgIpc) is 3.22. The van der Waals surface area contributed by atoms with E-state index in [1.165, 1.54) is 0 Å². The minimum absolute atomic E-state index is 0.238. The van der Waals surface area contributed by atoms with Crippen LogP contribution in [0.15, 0.2) is 78.1 Å². The molecule has 1 atom stereocenters. The molecule has 4 rings (SSSR count). The highest BCUT2D eigenvalue weighted by Crippen LogP contribution is 2.35. The van der Waals surface area contributed by atoms with Gasteiger partial charge in [-0.05, 0) is 42.3 Å². The number of carbonyl (C=O) groups excluding carboxylic acids is 1. The summed E-state index contributed by atoms with van der Waals surface area (Å²) in [5, 5.41) is 7.19. The molecule has 1 aliphatic rings. The third kappa shape index (κ3) is 4.17.